The van der Waals surface area contributed by atoms with Crippen LogP contribution in [0.25, 0.3) is 10.7 Å². The van der Waals surface area contributed by atoms with Crippen LogP contribution in [0.5, 0.6) is 5.75 Å². The van der Waals surface area contributed by atoms with Crippen molar-refractivity contribution in [2.24, 2.45) is 0 Å². The highest BCUT2D eigenvalue weighted by Crippen LogP contribution is 2.22. The lowest BCUT2D eigenvalue weighted by Gasteiger charge is -2.26. The lowest BCUT2D eigenvalue weighted by atomic mass is 10.3. The first-order valence-electron chi connectivity index (χ1n) is 8.97. The lowest BCUT2D eigenvalue weighted by molar-refractivity contribution is 0.0730. The Kier molecular flexibility index (Phi) is 5.81. The van der Waals surface area contributed by atoms with Crippen LogP contribution in [0.3, 0.4) is 0 Å². The van der Waals surface area contributed by atoms with E-state index in [1.807, 2.05) is 17.5 Å². The second kappa shape index (κ2) is 8.49. The quantitative estimate of drug-likeness (QED) is 0.554. The highest BCUT2D eigenvalue weighted by Gasteiger charge is 2.26. The molecule has 0 bridgehead atoms. The van der Waals surface area contributed by atoms with Gasteiger partial charge < -0.3 is 9.47 Å². The van der Waals surface area contributed by atoms with E-state index in [9.17, 15) is 13.2 Å². The van der Waals surface area contributed by atoms with Crippen LogP contribution < -0.4 is 10.5 Å². The van der Waals surface area contributed by atoms with E-state index in [1.165, 1.54) is 32.3 Å². The summed E-state index contributed by atoms with van der Waals surface area (Å²) in [4.78, 5) is 12.9. The van der Waals surface area contributed by atoms with Gasteiger partial charge in [-0.25, -0.2) is 13.2 Å². The van der Waals surface area contributed by atoms with Crippen LogP contribution in [-0.4, -0.2) is 55.4 Å². The van der Waals surface area contributed by atoms with Crippen molar-refractivity contribution in [3.05, 3.63) is 52.3 Å². The minimum atomic E-state index is -3.54. The van der Waals surface area contributed by atoms with Crippen LogP contribution in [0, 0.1) is 0 Å². The maximum atomic E-state index is 12.6. The van der Waals surface area contributed by atoms with Gasteiger partial charge in [0.25, 0.3) is 0 Å². The van der Waals surface area contributed by atoms with E-state index in [-0.39, 0.29) is 18.0 Å². The third-order valence-electron chi connectivity index (χ3n) is 4.44. The monoisotopic (exact) mass is 437 g/mol. The van der Waals surface area contributed by atoms with Crippen LogP contribution in [0.15, 0.2) is 56.0 Å². The van der Waals surface area contributed by atoms with E-state index in [1.54, 1.807) is 12.1 Å². The summed E-state index contributed by atoms with van der Waals surface area (Å²) in [5.74, 6) is 0.414. The number of thiophene rings is 1. The second-order valence-electron chi connectivity index (χ2n) is 6.24. The molecule has 1 fully saturated rings. The van der Waals surface area contributed by atoms with Crippen molar-refractivity contribution in [2.45, 2.75) is 11.4 Å². The van der Waals surface area contributed by atoms with Crippen molar-refractivity contribution in [3.8, 4) is 16.5 Å². The molecule has 0 spiro atoms. The molecule has 9 nitrogen and oxygen atoms in total. The van der Waals surface area contributed by atoms with Crippen LogP contribution in [0.4, 0.5) is 0 Å². The fourth-order valence-corrected chi connectivity index (χ4v) is 5.07. The zero-order valence-corrected chi connectivity index (χ0v) is 17.0. The molecule has 0 aliphatic carbocycles. The normalized spacial score (nSPS) is 15.4. The lowest BCUT2D eigenvalue weighted by Crippen LogP contribution is -2.40. The van der Waals surface area contributed by atoms with Gasteiger partial charge in [-0.05, 0) is 35.7 Å². The van der Waals surface area contributed by atoms with E-state index in [0.29, 0.717) is 37.9 Å². The van der Waals surface area contributed by atoms with Crippen molar-refractivity contribution < 1.29 is 22.4 Å². The molecule has 0 unspecified atom stereocenters. The first kappa shape index (κ1) is 19.8. The number of sulfonamides is 1. The van der Waals surface area contributed by atoms with Gasteiger partial charge in [0.1, 0.15) is 12.4 Å². The summed E-state index contributed by atoms with van der Waals surface area (Å²) >= 11 is 1.46. The van der Waals surface area contributed by atoms with Crippen molar-refractivity contribution in [1.29, 1.82) is 0 Å². The van der Waals surface area contributed by atoms with Crippen molar-refractivity contribution >= 4 is 21.4 Å². The summed E-state index contributed by atoms with van der Waals surface area (Å²) in [6.45, 7) is 1.95. The number of hydrogen-bond acceptors (Lipinski definition) is 8. The minimum absolute atomic E-state index is 0.203. The maximum absolute atomic E-state index is 12.6. The number of morpholine rings is 1. The van der Waals surface area contributed by atoms with E-state index >= 15 is 0 Å². The highest BCUT2D eigenvalue weighted by molar-refractivity contribution is 7.89. The van der Waals surface area contributed by atoms with Crippen LogP contribution in [-0.2, 0) is 21.3 Å². The zero-order chi connectivity index (χ0) is 20.3. The van der Waals surface area contributed by atoms with E-state index < -0.39 is 15.8 Å². The number of rotatable bonds is 7. The molecule has 2 aromatic heterocycles. The van der Waals surface area contributed by atoms with Crippen LogP contribution >= 0.6 is 11.3 Å². The minimum Gasteiger partial charge on any atom is -0.492 e. The predicted molar refractivity (Wildman–Crippen MR) is 106 cm³/mol. The highest BCUT2D eigenvalue weighted by atomic mass is 32.2. The summed E-state index contributed by atoms with van der Waals surface area (Å²) in [7, 11) is -3.54. The first-order chi connectivity index (χ1) is 14.1. The van der Waals surface area contributed by atoms with Crippen molar-refractivity contribution in [3.63, 3.8) is 0 Å². The molecule has 1 saturated heterocycles. The fraction of sp³-hybridized carbons (Fsp3) is 0.333. The van der Waals surface area contributed by atoms with Crippen LogP contribution in [0.1, 0.15) is 0 Å². The summed E-state index contributed by atoms with van der Waals surface area (Å²) in [6.07, 6.45) is 0. The summed E-state index contributed by atoms with van der Waals surface area (Å²) in [5.41, 5.74) is 0. The molecule has 154 valence electrons. The Morgan fingerprint density at radius 3 is 2.59 bits per heavy atom. The van der Waals surface area contributed by atoms with Gasteiger partial charge >= 0.3 is 5.76 Å². The van der Waals surface area contributed by atoms with Gasteiger partial charge in [-0.2, -0.15) is 4.31 Å². The Morgan fingerprint density at radius 2 is 1.90 bits per heavy atom. The number of aromatic nitrogens is 2. The van der Waals surface area contributed by atoms with Gasteiger partial charge in [0.05, 0.1) is 29.5 Å². The Balaban J connectivity index is 1.39. The molecule has 0 saturated carbocycles. The summed E-state index contributed by atoms with van der Waals surface area (Å²) in [6, 6.07) is 9.96. The van der Waals surface area contributed by atoms with E-state index in [4.69, 9.17) is 14.0 Å². The van der Waals surface area contributed by atoms with Gasteiger partial charge in [-0.3, -0.25) is 9.09 Å². The molecule has 11 heteroatoms. The Hall–Kier alpha value is -2.47. The Labute approximate surface area is 171 Å². The molecule has 29 heavy (non-hydrogen) atoms. The first-order valence-corrected chi connectivity index (χ1v) is 11.3. The second-order valence-corrected chi connectivity index (χ2v) is 9.12. The molecule has 4 rings (SSSR count). The molecule has 3 heterocycles. The molecule has 0 amide bonds. The third kappa shape index (κ3) is 4.27. The van der Waals surface area contributed by atoms with Gasteiger partial charge in [0.2, 0.25) is 10.0 Å². The molecule has 1 aliphatic heterocycles. The van der Waals surface area contributed by atoms with Crippen molar-refractivity contribution in [2.75, 3.05) is 32.9 Å². The van der Waals surface area contributed by atoms with Gasteiger partial charge in [0.15, 0.2) is 5.82 Å². The van der Waals surface area contributed by atoms with Gasteiger partial charge in [-0.15, -0.1) is 11.3 Å². The molecule has 3 aromatic rings. The molecule has 1 aromatic carbocycles. The molecular formula is C18H19N3O6S2. The average molecular weight is 437 g/mol. The molecule has 0 N–H and O–H groups in total. The van der Waals surface area contributed by atoms with Crippen LogP contribution in [0.2, 0.25) is 0 Å². The number of nitrogens with zero attached hydrogens (tertiary/aromatic N) is 3. The third-order valence-corrected chi connectivity index (χ3v) is 7.22. The molecule has 1 aliphatic rings. The largest absolute Gasteiger partial charge is 0.492 e. The molecule has 0 radical (unpaired) electrons. The SMILES string of the molecule is O=c1onc(-c2cccs2)n1CCOc1ccc(S(=O)(=O)N2CCOCC2)cc1. The van der Waals surface area contributed by atoms with Gasteiger partial charge in [-0.1, -0.05) is 11.2 Å². The average Bonchev–Trinajstić information content (AvgIpc) is 3.39. The van der Waals surface area contributed by atoms with E-state index in [0.717, 1.165) is 4.88 Å². The predicted octanol–water partition coefficient (Wildman–Crippen LogP) is 1.66. The topological polar surface area (TPSA) is 104 Å². The fourth-order valence-electron chi connectivity index (χ4n) is 2.95. The van der Waals surface area contributed by atoms with Gasteiger partial charge in [0, 0.05) is 13.1 Å². The Bertz CT molecular complexity index is 1100. The molecule has 0 atom stereocenters. The standard InChI is InChI=1S/C18H19N3O6S2/c22-18-21(17(19-27-18)16-2-1-13-28-16)9-12-26-14-3-5-15(6-4-14)29(23,24)20-7-10-25-11-8-20/h1-6,13H,7-12H2. The molecular weight excluding hydrogens is 418 g/mol. The van der Waals surface area contributed by atoms with E-state index in [2.05, 4.69) is 5.16 Å². The van der Waals surface area contributed by atoms with Crippen molar-refractivity contribution in [1.82, 2.24) is 14.0 Å². The Morgan fingerprint density at radius 1 is 1.14 bits per heavy atom. The zero-order valence-electron chi connectivity index (χ0n) is 15.4. The summed E-state index contributed by atoms with van der Waals surface area (Å²) in [5, 5.41) is 5.71. The smallest absolute Gasteiger partial charge is 0.442 e. The number of ether oxygens (including phenoxy) is 2. The number of benzene rings is 1. The number of hydrogen-bond donors (Lipinski definition) is 0. The summed E-state index contributed by atoms with van der Waals surface area (Å²) < 4.78 is 43.7. The maximum Gasteiger partial charge on any atom is 0.442 e.